The zero-order valence-electron chi connectivity index (χ0n) is 17.3. The number of hydrogen-bond donors (Lipinski definition) is 5. The van der Waals surface area contributed by atoms with E-state index in [2.05, 4.69) is 4.74 Å². The van der Waals surface area contributed by atoms with Gasteiger partial charge >= 0.3 is 5.97 Å². The molecule has 2 aromatic rings. The van der Waals surface area contributed by atoms with Crippen molar-refractivity contribution in [1.82, 2.24) is 0 Å². The van der Waals surface area contributed by atoms with Crippen molar-refractivity contribution >= 4 is 11.8 Å². The summed E-state index contributed by atoms with van der Waals surface area (Å²) in [5.74, 6) is -2.09. The predicted octanol–water partition coefficient (Wildman–Crippen LogP) is 0.164. The summed E-state index contributed by atoms with van der Waals surface area (Å²) >= 11 is 0. The number of aliphatic hydroxyl groups excluding tert-OH is 3. The molecule has 2 aliphatic rings. The van der Waals surface area contributed by atoms with Crippen LogP contribution in [0.4, 0.5) is 0 Å². The van der Waals surface area contributed by atoms with Crippen LogP contribution in [-0.4, -0.2) is 75.1 Å². The molecule has 33 heavy (non-hydrogen) atoms. The minimum Gasteiger partial charge on any atom is -0.508 e. The van der Waals surface area contributed by atoms with Crippen LogP contribution in [0.3, 0.4) is 0 Å². The van der Waals surface area contributed by atoms with Crippen LogP contribution >= 0.6 is 0 Å². The maximum Gasteiger partial charge on any atom is 0.337 e. The highest BCUT2D eigenvalue weighted by atomic mass is 16.7. The topological polar surface area (TPSA) is 172 Å². The van der Waals surface area contributed by atoms with Crippen molar-refractivity contribution in [3.63, 3.8) is 0 Å². The van der Waals surface area contributed by atoms with Gasteiger partial charge in [-0.05, 0) is 6.07 Å². The first-order valence-electron chi connectivity index (χ1n) is 10.00. The molecule has 0 saturated carbocycles. The molecule has 0 radical (unpaired) electrons. The highest BCUT2D eigenvalue weighted by Crippen LogP contribution is 2.43. The highest BCUT2D eigenvalue weighted by molar-refractivity contribution is 6.02. The van der Waals surface area contributed by atoms with E-state index in [0.717, 1.165) is 13.2 Å². The van der Waals surface area contributed by atoms with Gasteiger partial charge in [-0.1, -0.05) is 18.2 Å². The lowest BCUT2D eigenvalue weighted by molar-refractivity contribution is -0.271. The molecule has 2 aromatic carbocycles. The number of phenolic OH excluding ortho intramolecular Hbond substituents is 2. The molecule has 1 fully saturated rings. The number of carbonyl (C=O) groups is 2. The van der Waals surface area contributed by atoms with Crippen molar-refractivity contribution in [2.24, 2.45) is 0 Å². The van der Waals surface area contributed by atoms with Crippen LogP contribution in [0.1, 0.15) is 28.4 Å². The van der Waals surface area contributed by atoms with Gasteiger partial charge in [0, 0.05) is 17.7 Å². The average molecular weight is 462 g/mol. The van der Waals surface area contributed by atoms with Crippen LogP contribution in [-0.2, 0) is 14.3 Å². The quantitative estimate of drug-likeness (QED) is 0.392. The summed E-state index contributed by atoms with van der Waals surface area (Å²) in [6.07, 6.45) is -9.50. The molecule has 5 unspecified atom stereocenters. The fraction of sp³-hybridized carbons (Fsp3) is 0.364. The molecule has 0 aromatic heterocycles. The van der Waals surface area contributed by atoms with Gasteiger partial charge in [-0.25, -0.2) is 4.79 Å². The fourth-order valence-electron chi connectivity index (χ4n) is 3.81. The van der Waals surface area contributed by atoms with E-state index in [1.54, 1.807) is 18.2 Å². The first kappa shape index (κ1) is 22.8. The Morgan fingerprint density at radius 1 is 1.03 bits per heavy atom. The van der Waals surface area contributed by atoms with Gasteiger partial charge in [0.15, 0.2) is 11.9 Å². The molecular formula is C22H22O11. The van der Waals surface area contributed by atoms with Crippen LogP contribution in [0.5, 0.6) is 23.0 Å². The number of esters is 1. The van der Waals surface area contributed by atoms with E-state index >= 15 is 0 Å². The zero-order valence-corrected chi connectivity index (χ0v) is 17.3. The van der Waals surface area contributed by atoms with Gasteiger partial charge in [0.1, 0.15) is 53.0 Å². The second-order valence-corrected chi connectivity index (χ2v) is 7.65. The maximum absolute atomic E-state index is 12.6. The molecule has 0 spiro atoms. The number of carbonyl (C=O) groups excluding carboxylic acids is 2. The number of aliphatic hydroxyl groups is 3. The number of rotatable bonds is 4. The molecule has 5 N–H and O–H groups in total. The number of Topliss-reactive ketones (excluding diaryl/α,β-unsaturated/α-hetero) is 1. The van der Waals surface area contributed by atoms with Crippen LogP contribution in [0.15, 0.2) is 36.4 Å². The molecule has 176 valence electrons. The lowest BCUT2D eigenvalue weighted by atomic mass is 9.95. The molecule has 0 aliphatic carbocycles. The van der Waals surface area contributed by atoms with Gasteiger partial charge < -0.3 is 44.5 Å². The molecule has 2 aliphatic heterocycles. The van der Waals surface area contributed by atoms with Crippen molar-refractivity contribution < 1.29 is 54.1 Å². The average Bonchev–Trinajstić information content (AvgIpc) is 2.78. The van der Waals surface area contributed by atoms with Crippen molar-refractivity contribution in [3.05, 3.63) is 47.5 Å². The van der Waals surface area contributed by atoms with Crippen molar-refractivity contribution in [2.45, 2.75) is 43.2 Å². The SMILES string of the molecule is COC(=O)C1OC(Oc2cc(O)c3c(c2)O[C@@H](c2ccccc2O)CC3=O)C(O)C(O)C1O. The van der Waals surface area contributed by atoms with Crippen LogP contribution in [0.25, 0.3) is 0 Å². The normalized spacial score (nSPS) is 29.0. The summed E-state index contributed by atoms with van der Waals surface area (Å²) in [5, 5.41) is 50.8. The number of fused-ring (bicyclic) bond motifs is 1. The second kappa shape index (κ2) is 8.87. The van der Waals surface area contributed by atoms with Crippen molar-refractivity contribution in [3.8, 4) is 23.0 Å². The lowest BCUT2D eigenvalue weighted by Crippen LogP contribution is -2.61. The zero-order chi connectivity index (χ0) is 23.9. The van der Waals surface area contributed by atoms with E-state index in [-0.39, 0.29) is 29.2 Å². The molecule has 1 saturated heterocycles. The Morgan fingerprint density at radius 2 is 1.76 bits per heavy atom. The van der Waals surface area contributed by atoms with Gasteiger partial charge in [0.05, 0.1) is 13.5 Å². The molecule has 0 amide bonds. The number of phenols is 2. The van der Waals surface area contributed by atoms with Gasteiger partial charge in [-0.2, -0.15) is 0 Å². The third-order valence-corrected chi connectivity index (χ3v) is 5.51. The Kier molecular flexibility index (Phi) is 6.13. The number of ether oxygens (including phenoxy) is 4. The van der Waals surface area contributed by atoms with E-state index in [0.29, 0.717) is 5.56 Å². The predicted molar refractivity (Wildman–Crippen MR) is 108 cm³/mol. The third-order valence-electron chi connectivity index (χ3n) is 5.51. The summed E-state index contributed by atoms with van der Waals surface area (Å²) in [6, 6.07) is 8.70. The van der Waals surface area contributed by atoms with Crippen molar-refractivity contribution in [1.29, 1.82) is 0 Å². The number of methoxy groups -OCH3 is 1. The Bertz CT molecular complexity index is 1070. The molecule has 6 atom stereocenters. The minimum atomic E-state index is -1.79. The largest absolute Gasteiger partial charge is 0.508 e. The highest BCUT2D eigenvalue weighted by Gasteiger charge is 2.48. The van der Waals surface area contributed by atoms with E-state index < -0.39 is 54.3 Å². The Balaban J connectivity index is 1.61. The van der Waals surface area contributed by atoms with Crippen LogP contribution < -0.4 is 9.47 Å². The third kappa shape index (κ3) is 4.18. The van der Waals surface area contributed by atoms with Gasteiger partial charge in [0.25, 0.3) is 0 Å². The number of para-hydroxylation sites is 1. The fourth-order valence-corrected chi connectivity index (χ4v) is 3.81. The van der Waals surface area contributed by atoms with Crippen LogP contribution in [0.2, 0.25) is 0 Å². The summed E-state index contributed by atoms with van der Waals surface area (Å²) in [7, 11) is 1.06. The van der Waals surface area contributed by atoms with Gasteiger partial charge in [-0.15, -0.1) is 0 Å². The minimum absolute atomic E-state index is 0.0371. The van der Waals surface area contributed by atoms with E-state index in [1.807, 2.05) is 0 Å². The molecule has 4 rings (SSSR count). The van der Waals surface area contributed by atoms with Crippen molar-refractivity contribution in [2.75, 3.05) is 7.11 Å². The molecule has 2 heterocycles. The number of benzene rings is 2. The first-order chi connectivity index (χ1) is 15.7. The maximum atomic E-state index is 12.6. The van der Waals surface area contributed by atoms with E-state index in [9.17, 15) is 35.1 Å². The second-order valence-electron chi connectivity index (χ2n) is 7.65. The van der Waals surface area contributed by atoms with E-state index in [1.165, 1.54) is 12.1 Å². The van der Waals surface area contributed by atoms with Crippen LogP contribution in [0, 0.1) is 0 Å². The number of aromatic hydroxyl groups is 2. The summed E-state index contributed by atoms with van der Waals surface area (Å²) in [6.45, 7) is 0. The Morgan fingerprint density at radius 3 is 2.45 bits per heavy atom. The number of hydrogen-bond acceptors (Lipinski definition) is 11. The monoisotopic (exact) mass is 462 g/mol. The Labute approximate surface area is 187 Å². The smallest absolute Gasteiger partial charge is 0.337 e. The lowest BCUT2D eigenvalue weighted by Gasteiger charge is -2.39. The number of ketones is 1. The standard InChI is InChI=1S/C22H22O11/c1-30-21(29)20-18(27)17(26)19(28)22(33-20)31-9-6-12(24)16-13(25)8-14(32-15(16)7-9)10-4-2-3-5-11(10)23/h2-7,14,17-20,22-24,26-28H,8H2,1H3/t14-,17?,18?,19?,20?,22?/m1/s1. The molecule has 11 heteroatoms. The first-order valence-corrected chi connectivity index (χ1v) is 10.00. The van der Waals surface area contributed by atoms with Gasteiger partial charge in [0.2, 0.25) is 6.29 Å². The van der Waals surface area contributed by atoms with Gasteiger partial charge in [-0.3, -0.25) is 4.79 Å². The molecule has 11 nitrogen and oxygen atoms in total. The van der Waals surface area contributed by atoms with E-state index in [4.69, 9.17) is 14.2 Å². The summed E-state index contributed by atoms with van der Waals surface area (Å²) < 4.78 is 21.1. The molecular weight excluding hydrogens is 440 g/mol. The summed E-state index contributed by atoms with van der Waals surface area (Å²) in [5.41, 5.74) is 0.299. The summed E-state index contributed by atoms with van der Waals surface area (Å²) in [4.78, 5) is 24.5. The molecule has 0 bridgehead atoms. The Hall–Kier alpha value is -3.38.